The van der Waals surface area contributed by atoms with Gasteiger partial charge in [-0.2, -0.15) is 0 Å². The molecule has 3 nitrogen and oxygen atoms in total. The topological polar surface area (TPSA) is 69.2 Å². The van der Waals surface area contributed by atoms with Crippen LogP contribution < -0.4 is 5.46 Å². The van der Waals surface area contributed by atoms with Crippen LogP contribution >= 0.6 is 0 Å². The molecule has 0 aromatic heterocycles. The molecule has 1 rings (SSSR count). The summed E-state index contributed by atoms with van der Waals surface area (Å²) >= 11 is 0. The fourth-order valence-electron chi connectivity index (χ4n) is 0.781. The van der Waals surface area contributed by atoms with Gasteiger partial charge in [0, 0.05) is 0 Å². The zero-order chi connectivity index (χ0) is 7.40. The molecule has 0 aliphatic heterocycles. The van der Waals surface area contributed by atoms with Crippen molar-refractivity contribution in [3.63, 3.8) is 0 Å². The Morgan fingerprint density at radius 2 is 1.67 bits per heavy atom. The summed E-state index contributed by atoms with van der Waals surface area (Å²) in [7, 11) is 7.16. The van der Waals surface area contributed by atoms with E-state index in [4.69, 9.17) is 12.6 Å². The van der Waals surface area contributed by atoms with Gasteiger partial charge >= 0.3 is 61.6 Å². The molecule has 0 fully saturated rings. The fraction of sp³-hybridized carbons (Fsp3) is 0.250. The van der Waals surface area contributed by atoms with Gasteiger partial charge in [0.2, 0.25) is 0 Å². The van der Waals surface area contributed by atoms with E-state index >= 15 is 0 Å². The van der Waals surface area contributed by atoms with E-state index in [0.717, 1.165) is 11.0 Å². The fourth-order valence-corrected chi connectivity index (χ4v) is 0.781. The largest absolute Gasteiger partial charge is 0.870 e. The van der Waals surface area contributed by atoms with E-state index in [1.165, 1.54) is 0 Å². The molecule has 0 saturated heterocycles. The molecule has 0 spiro atoms. The Balaban J connectivity index is 0. The van der Waals surface area contributed by atoms with Crippen LogP contribution in [0.3, 0.4) is 0 Å². The minimum Gasteiger partial charge on any atom is -0.870 e. The summed E-state index contributed by atoms with van der Waals surface area (Å²) < 4.78 is 4.93. The van der Waals surface area contributed by atoms with Crippen LogP contribution in [0, 0.1) is 0 Å². The van der Waals surface area contributed by atoms with Gasteiger partial charge in [-0.1, -0.05) is 0 Å². The van der Waals surface area contributed by atoms with Crippen LogP contribution in [-0.4, -0.2) is 25.9 Å². The smallest absolute Gasteiger partial charge is 0.870 e. The van der Waals surface area contributed by atoms with Crippen LogP contribution in [0.1, 0.15) is 5.56 Å². The van der Waals surface area contributed by atoms with Crippen LogP contribution in [-0.2, 0) is 11.3 Å². The molecule has 0 amide bonds. The average molecular weight is 166 g/mol. The molecule has 4 heteroatoms. The quantitative estimate of drug-likeness (QED) is 0.592. The molecular weight excluding hydrogens is 155 g/mol. The van der Waals surface area contributed by atoms with E-state index in [9.17, 15) is 0 Å². The molecule has 2 N–H and O–H groups in total. The van der Waals surface area contributed by atoms with Crippen molar-refractivity contribution in [2.45, 2.75) is 6.61 Å². The molecule has 0 atom stereocenters. The van der Waals surface area contributed by atoms with E-state index < -0.39 is 0 Å². The molecular formula is C8H11BO3. The third kappa shape index (κ3) is 4.13. The van der Waals surface area contributed by atoms with E-state index in [1.54, 1.807) is 7.11 Å². The van der Waals surface area contributed by atoms with Crippen molar-refractivity contribution in [3.8, 4) is 0 Å². The van der Waals surface area contributed by atoms with E-state index in [0.29, 0.717) is 6.61 Å². The third-order valence-electron chi connectivity index (χ3n) is 1.29. The Hall–Kier alpha value is -0.835. The summed E-state index contributed by atoms with van der Waals surface area (Å²) in [6, 6.07) is 7.65. The molecule has 0 bridgehead atoms. The second-order valence-corrected chi connectivity index (χ2v) is 2.17. The van der Waals surface area contributed by atoms with E-state index in [2.05, 4.69) is 0 Å². The maximum absolute atomic E-state index is 5.48. The summed E-state index contributed by atoms with van der Waals surface area (Å²) in [5.74, 6) is 0. The van der Waals surface area contributed by atoms with Crippen molar-refractivity contribution < 1.29 is 15.7 Å². The Morgan fingerprint density at radius 1 is 1.17 bits per heavy atom. The van der Waals surface area contributed by atoms with Gasteiger partial charge in [0.05, 0.1) is 0 Å². The van der Waals surface area contributed by atoms with Crippen molar-refractivity contribution in [2.24, 2.45) is 0 Å². The molecule has 0 heterocycles. The van der Waals surface area contributed by atoms with Gasteiger partial charge in [0.1, 0.15) is 0 Å². The molecule has 0 unspecified atom stereocenters. The van der Waals surface area contributed by atoms with Crippen molar-refractivity contribution in [1.29, 1.82) is 0 Å². The second-order valence-electron chi connectivity index (χ2n) is 2.17. The van der Waals surface area contributed by atoms with Gasteiger partial charge in [-0.05, 0) is 0 Å². The van der Waals surface area contributed by atoms with Crippen LogP contribution in [0.2, 0.25) is 0 Å². The van der Waals surface area contributed by atoms with Crippen molar-refractivity contribution in [3.05, 3.63) is 29.8 Å². The van der Waals surface area contributed by atoms with Crippen molar-refractivity contribution >= 4 is 13.3 Å². The summed E-state index contributed by atoms with van der Waals surface area (Å²) in [5.41, 5.74) is 1.94. The van der Waals surface area contributed by atoms with Gasteiger partial charge < -0.3 is 11.0 Å². The Kier molecular flexibility index (Phi) is 7.84. The zero-order valence-electron chi connectivity index (χ0n) is 6.90. The predicted molar refractivity (Wildman–Crippen MR) is 46.4 cm³/mol. The number of methoxy groups -OCH3 is 1. The standard InChI is InChI=1S/C8H9BO.2H2O/c1-10-6-7-2-4-8(9)5-3-7;;/h2-5H,6H2,1H3;2*1H2/q+2;;/p-2. The predicted octanol–water partition coefficient (Wildman–Crippen LogP) is 0.273. The van der Waals surface area contributed by atoms with Gasteiger partial charge in [0.15, 0.2) is 0 Å². The molecule has 0 aliphatic rings. The maximum atomic E-state index is 5.48. The Labute approximate surface area is 73.4 Å². The molecule has 1 aromatic rings. The first-order valence-electron chi connectivity index (χ1n) is 3.16. The molecule has 12 heavy (non-hydrogen) atoms. The first kappa shape index (κ1) is 13.7. The summed E-state index contributed by atoms with van der Waals surface area (Å²) in [6.07, 6.45) is 0. The SMILES string of the molecule is [B+2]c1ccc(COC)cc1.[OH-].[OH-]. The average Bonchev–Trinajstić information content (AvgIpc) is 1.95. The minimum atomic E-state index is 0. The van der Waals surface area contributed by atoms with E-state index in [-0.39, 0.29) is 11.0 Å². The van der Waals surface area contributed by atoms with Crippen LogP contribution in [0.5, 0.6) is 0 Å². The summed E-state index contributed by atoms with van der Waals surface area (Å²) in [4.78, 5) is 0. The number of rotatable bonds is 2. The van der Waals surface area contributed by atoms with Crippen molar-refractivity contribution in [2.75, 3.05) is 7.11 Å². The number of benzene rings is 1. The zero-order valence-corrected chi connectivity index (χ0v) is 6.90. The Morgan fingerprint density at radius 3 is 2.08 bits per heavy atom. The summed E-state index contributed by atoms with van der Waals surface area (Å²) in [5, 5.41) is 0. The third-order valence-corrected chi connectivity index (χ3v) is 1.29. The number of hydrogen-bond donors (Lipinski definition) is 0. The maximum Gasteiger partial charge on any atom is -0.870 e. The Bertz CT molecular complexity index is 198. The number of hydrogen-bond acceptors (Lipinski definition) is 3. The molecule has 0 radical (unpaired) electrons. The monoisotopic (exact) mass is 166 g/mol. The van der Waals surface area contributed by atoms with Crippen LogP contribution in [0.15, 0.2) is 24.3 Å². The van der Waals surface area contributed by atoms with E-state index in [1.807, 2.05) is 24.3 Å². The van der Waals surface area contributed by atoms with Gasteiger partial charge in [0.25, 0.3) is 0 Å². The first-order chi connectivity index (χ1) is 4.83. The number of ether oxygens (including phenoxy) is 1. The van der Waals surface area contributed by atoms with Crippen LogP contribution in [0.4, 0.5) is 0 Å². The molecule has 0 saturated carbocycles. The van der Waals surface area contributed by atoms with Gasteiger partial charge in [-0.3, -0.25) is 0 Å². The molecule has 64 valence electrons. The molecule has 1 aromatic carbocycles. The minimum absolute atomic E-state index is 0. The first-order valence-corrected chi connectivity index (χ1v) is 3.16. The summed E-state index contributed by atoms with van der Waals surface area (Å²) in [6.45, 7) is 0.653. The molecule has 0 aliphatic carbocycles. The van der Waals surface area contributed by atoms with Crippen LogP contribution in [0.25, 0.3) is 0 Å². The second kappa shape index (κ2) is 6.85. The van der Waals surface area contributed by atoms with Gasteiger partial charge in [-0.25, -0.2) is 0 Å². The van der Waals surface area contributed by atoms with Crippen molar-refractivity contribution in [1.82, 2.24) is 0 Å². The van der Waals surface area contributed by atoms with Gasteiger partial charge in [-0.15, -0.1) is 0 Å². The normalized spacial score (nSPS) is 8.25.